The highest BCUT2D eigenvalue weighted by Crippen LogP contribution is 2.47. The normalized spacial score (nSPS) is 31.1. The van der Waals surface area contributed by atoms with Crippen molar-refractivity contribution in [3.05, 3.63) is 35.9 Å². The molecule has 3 rings (SSSR count). The molecule has 21 heavy (non-hydrogen) atoms. The molecule has 2 fully saturated rings. The van der Waals surface area contributed by atoms with Crippen molar-refractivity contribution in [3.63, 3.8) is 0 Å². The summed E-state index contributed by atoms with van der Waals surface area (Å²) in [4.78, 5) is 12.4. The highest BCUT2D eigenvalue weighted by molar-refractivity contribution is 5.82. The van der Waals surface area contributed by atoms with Gasteiger partial charge in [0.2, 0.25) is 0 Å². The zero-order valence-corrected chi connectivity index (χ0v) is 12.9. The zero-order chi connectivity index (χ0) is 15.0. The van der Waals surface area contributed by atoms with Crippen LogP contribution in [0.2, 0.25) is 0 Å². The smallest absolute Gasteiger partial charge is 0.314 e. The van der Waals surface area contributed by atoms with Crippen LogP contribution in [0.15, 0.2) is 30.3 Å². The van der Waals surface area contributed by atoms with Gasteiger partial charge in [-0.2, -0.15) is 0 Å². The van der Waals surface area contributed by atoms with Crippen LogP contribution in [0.3, 0.4) is 0 Å². The summed E-state index contributed by atoms with van der Waals surface area (Å²) in [7, 11) is 0. The molecule has 3 nitrogen and oxygen atoms in total. The Kier molecular flexibility index (Phi) is 3.78. The molecular weight excluding hydrogens is 262 g/mol. The third-order valence-corrected chi connectivity index (χ3v) is 5.63. The second-order valence-corrected chi connectivity index (χ2v) is 7.00. The van der Waals surface area contributed by atoms with Crippen LogP contribution in [0.4, 0.5) is 0 Å². The Balaban J connectivity index is 2.05. The third kappa shape index (κ3) is 2.28. The summed E-state index contributed by atoms with van der Waals surface area (Å²) >= 11 is 0. The monoisotopic (exact) mass is 287 g/mol. The maximum Gasteiger partial charge on any atom is 0.314 e. The van der Waals surface area contributed by atoms with Crippen molar-refractivity contribution < 1.29 is 9.90 Å². The van der Waals surface area contributed by atoms with Crippen molar-refractivity contribution >= 4 is 5.97 Å². The third-order valence-electron chi connectivity index (χ3n) is 5.63. The maximum absolute atomic E-state index is 12.4. The topological polar surface area (TPSA) is 49.3 Å². The molecule has 3 heteroatoms. The number of aliphatic carboxylic acids is 1. The summed E-state index contributed by atoms with van der Waals surface area (Å²) in [5.41, 5.74) is 0.211. The minimum absolute atomic E-state index is 0.0832. The molecule has 0 radical (unpaired) electrons. The van der Waals surface area contributed by atoms with Gasteiger partial charge < -0.3 is 10.4 Å². The predicted octanol–water partition coefficient (Wildman–Crippen LogP) is 3.20. The van der Waals surface area contributed by atoms with Gasteiger partial charge in [-0.15, -0.1) is 0 Å². The van der Waals surface area contributed by atoms with Crippen LogP contribution in [0.5, 0.6) is 0 Å². The van der Waals surface area contributed by atoms with Crippen LogP contribution in [0, 0.1) is 11.8 Å². The summed E-state index contributed by atoms with van der Waals surface area (Å²) in [5.74, 6) is -0.356. The van der Waals surface area contributed by atoms with Gasteiger partial charge in [-0.1, -0.05) is 44.2 Å². The summed E-state index contributed by atoms with van der Waals surface area (Å²) in [6.45, 7) is 4.12. The molecular formula is C18H25NO2. The van der Waals surface area contributed by atoms with Crippen molar-refractivity contribution in [2.75, 3.05) is 0 Å². The van der Waals surface area contributed by atoms with Gasteiger partial charge in [-0.25, -0.2) is 0 Å². The van der Waals surface area contributed by atoms with Gasteiger partial charge in [0.15, 0.2) is 0 Å². The van der Waals surface area contributed by atoms with E-state index >= 15 is 0 Å². The van der Waals surface area contributed by atoms with Crippen molar-refractivity contribution in [1.82, 2.24) is 5.32 Å². The molecule has 114 valence electrons. The highest BCUT2D eigenvalue weighted by atomic mass is 16.4. The number of fused-ring (bicyclic) bond motifs is 2. The van der Waals surface area contributed by atoms with Crippen molar-refractivity contribution in [3.8, 4) is 0 Å². The van der Waals surface area contributed by atoms with E-state index in [2.05, 4.69) is 19.2 Å². The summed E-state index contributed by atoms with van der Waals surface area (Å²) in [5, 5.41) is 13.8. The highest BCUT2D eigenvalue weighted by Gasteiger charge is 2.53. The number of hydrogen-bond donors (Lipinski definition) is 2. The average Bonchev–Trinajstić information content (AvgIpc) is 2.79. The number of carboxylic acid groups (broad SMARTS) is 1. The van der Waals surface area contributed by atoms with Gasteiger partial charge in [0.05, 0.1) is 5.41 Å². The van der Waals surface area contributed by atoms with Gasteiger partial charge in [0.25, 0.3) is 0 Å². The fourth-order valence-electron chi connectivity index (χ4n) is 4.73. The molecule has 0 aromatic heterocycles. The lowest BCUT2D eigenvalue weighted by Crippen LogP contribution is -2.53. The molecule has 2 aliphatic rings. The van der Waals surface area contributed by atoms with E-state index in [1.54, 1.807) is 0 Å². The van der Waals surface area contributed by atoms with Crippen LogP contribution in [-0.4, -0.2) is 23.2 Å². The van der Waals surface area contributed by atoms with E-state index in [0.717, 1.165) is 18.4 Å². The minimum atomic E-state index is -0.760. The number of rotatable bonds is 4. The Bertz CT molecular complexity index is 501. The number of hydrogen-bond acceptors (Lipinski definition) is 2. The number of carboxylic acids is 1. The van der Waals surface area contributed by atoms with E-state index in [1.165, 1.54) is 12.8 Å². The standard InChI is InChI=1S/C18H25NO2/c1-12(2)18(17(20)21,13-6-4-3-5-7-13)14-10-15-8-9-16(11-14)19-15/h3-7,12,14-16,19H,8-11H2,1-2H3,(H,20,21). The first kappa shape index (κ1) is 14.6. The van der Waals surface area contributed by atoms with E-state index < -0.39 is 11.4 Å². The Morgan fingerprint density at radius 3 is 2.24 bits per heavy atom. The van der Waals surface area contributed by atoms with Crippen molar-refractivity contribution in [2.24, 2.45) is 11.8 Å². The minimum Gasteiger partial charge on any atom is -0.481 e. The Morgan fingerprint density at radius 1 is 1.19 bits per heavy atom. The summed E-state index contributed by atoms with van der Waals surface area (Å²) in [6.07, 6.45) is 4.36. The lowest BCUT2D eigenvalue weighted by atomic mass is 9.60. The van der Waals surface area contributed by atoms with E-state index in [-0.39, 0.29) is 11.8 Å². The van der Waals surface area contributed by atoms with Gasteiger partial charge in [0, 0.05) is 12.1 Å². The molecule has 3 unspecified atom stereocenters. The van der Waals surface area contributed by atoms with E-state index in [1.807, 2.05) is 30.3 Å². The molecule has 2 bridgehead atoms. The molecule has 2 heterocycles. The van der Waals surface area contributed by atoms with E-state index in [0.29, 0.717) is 12.1 Å². The first-order valence-electron chi connectivity index (χ1n) is 8.10. The number of benzene rings is 1. The second-order valence-electron chi connectivity index (χ2n) is 7.00. The van der Waals surface area contributed by atoms with Gasteiger partial charge in [-0.3, -0.25) is 4.79 Å². The lowest BCUT2D eigenvalue weighted by molar-refractivity contribution is -0.149. The lowest BCUT2D eigenvalue weighted by Gasteiger charge is -2.45. The molecule has 3 atom stereocenters. The molecule has 2 saturated heterocycles. The van der Waals surface area contributed by atoms with Gasteiger partial charge in [-0.05, 0) is 43.1 Å². The average molecular weight is 287 g/mol. The fraction of sp³-hybridized carbons (Fsp3) is 0.611. The van der Waals surface area contributed by atoms with Crippen LogP contribution in [0.1, 0.15) is 45.1 Å². The Labute approximate surface area is 126 Å². The zero-order valence-electron chi connectivity index (χ0n) is 12.9. The fourth-order valence-corrected chi connectivity index (χ4v) is 4.73. The van der Waals surface area contributed by atoms with E-state index in [4.69, 9.17) is 0 Å². The maximum atomic E-state index is 12.4. The van der Waals surface area contributed by atoms with Gasteiger partial charge >= 0.3 is 5.97 Å². The number of piperidine rings is 1. The molecule has 0 saturated carbocycles. The van der Waals surface area contributed by atoms with Crippen molar-refractivity contribution in [2.45, 2.75) is 57.0 Å². The Morgan fingerprint density at radius 2 is 1.76 bits per heavy atom. The molecule has 2 aliphatic heterocycles. The van der Waals surface area contributed by atoms with Crippen LogP contribution in [-0.2, 0) is 10.2 Å². The largest absolute Gasteiger partial charge is 0.481 e. The second kappa shape index (κ2) is 5.45. The van der Waals surface area contributed by atoms with Crippen LogP contribution < -0.4 is 5.32 Å². The summed E-state index contributed by atoms with van der Waals surface area (Å²) < 4.78 is 0. The number of carbonyl (C=O) groups is 1. The molecule has 1 aromatic rings. The van der Waals surface area contributed by atoms with E-state index in [9.17, 15) is 9.90 Å². The quantitative estimate of drug-likeness (QED) is 0.894. The molecule has 0 amide bonds. The van der Waals surface area contributed by atoms with Gasteiger partial charge in [0.1, 0.15) is 0 Å². The first-order chi connectivity index (χ1) is 10.0. The first-order valence-corrected chi connectivity index (χ1v) is 8.10. The SMILES string of the molecule is CC(C)C(C(=O)O)(c1ccccc1)C1CC2CCC(C1)N2. The Hall–Kier alpha value is -1.35. The molecule has 0 spiro atoms. The predicted molar refractivity (Wildman–Crippen MR) is 83.3 cm³/mol. The van der Waals surface area contributed by atoms with Crippen LogP contribution >= 0.6 is 0 Å². The van der Waals surface area contributed by atoms with Crippen molar-refractivity contribution in [1.29, 1.82) is 0 Å². The molecule has 0 aliphatic carbocycles. The van der Waals surface area contributed by atoms with Crippen LogP contribution in [0.25, 0.3) is 0 Å². The number of nitrogens with one attached hydrogen (secondary N) is 1. The molecule has 2 N–H and O–H groups in total. The molecule has 1 aromatic carbocycles. The summed E-state index contributed by atoms with van der Waals surface area (Å²) in [6, 6.07) is 10.9.